The zero-order valence-electron chi connectivity index (χ0n) is 11.3. The van der Waals surface area contributed by atoms with Gasteiger partial charge in [0.15, 0.2) is 0 Å². The second kappa shape index (κ2) is 5.41. The molecule has 0 unspecified atom stereocenters. The molecule has 0 aliphatic rings. The molecule has 2 rings (SSSR count). The molecule has 0 amide bonds. The summed E-state index contributed by atoms with van der Waals surface area (Å²) in [6, 6.07) is 4.78. The van der Waals surface area contributed by atoms with Crippen molar-refractivity contribution in [3.05, 3.63) is 30.1 Å². The van der Waals surface area contributed by atoms with Crippen LogP contribution < -0.4 is 14.2 Å². The van der Waals surface area contributed by atoms with E-state index < -0.39 is 10.0 Å². The number of rotatable bonds is 5. The number of hydrogen-bond acceptors (Lipinski definition) is 5. The maximum Gasteiger partial charge on any atom is 0.265 e. The van der Waals surface area contributed by atoms with Crippen LogP contribution in [-0.4, -0.2) is 32.8 Å². The Morgan fingerprint density at radius 3 is 2.20 bits per heavy atom. The second-order valence-electron chi connectivity index (χ2n) is 4.07. The third kappa shape index (κ3) is 2.85. The number of aromatic amines is 1. The Labute approximate surface area is 117 Å². The van der Waals surface area contributed by atoms with Gasteiger partial charge in [-0.3, -0.25) is 9.82 Å². The van der Waals surface area contributed by atoms with Gasteiger partial charge in [-0.15, -0.1) is 0 Å². The van der Waals surface area contributed by atoms with Crippen molar-refractivity contribution in [2.75, 3.05) is 18.9 Å². The zero-order valence-corrected chi connectivity index (χ0v) is 12.1. The van der Waals surface area contributed by atoms with Crippen LogP contribution >= 0.6 is 0 Å². The predicted octanol–water partition coefficient (Wildman–Crippen LogP) is 1.54. The smallest absolute Gasteiger partial charge is 0.265 e. The van der Waals surface area contributed by atoms with Gasteiger partial charge < -0.3 is 9.47 Å². The molecule has 0 aliphatic carbocycles. The van der Waals surface area contributed by atoms with Gasteiger partial charge in [-0.2, -0.15) is 5.10 Å². The van der Waals surface area contributed by atoms with Crippen LogP contribution in [-0.2, 0) is 10.0 Å². The van der Waals surface area contributed by atoms with Gasteiger partial charge >= 0.3 is 0 Å². The summed E-state index contributed by atoms with van der Waals surface area (Å²) in [7, 11) is -0.719. The molecule has 20 heavy (non-hydrogen) atoms. The summed E-state index contributed by atoms with van der Waals surface area (Å²) < 4.78 is 37.1. The van der Waals surface area contributed by atoms with Crippen molar-refractivity contribution in [1.82, 2.24) is 10.2 Å². The lowest BCUT2D eigenvalue weighted by Crippen LogP contribution is -2.13. The Bertz CT molecular complexity index is 687. The summed E-state index contributed by atoms with van der Waals surface area (Å²) >= 11 is 0. The van der Waals surface area contributed by atoms with Crippen LogP contribution in [0.4, 0.5) is 5.69 Å². The van der Waals surface area contributed by atoms with E-state index in [0.29, 0.717) is 22.9 Å². The maximum atomic E-state index is 12.2. The second-order valence-corrected chi connectivity index (χ2v) is 5.72. The third-order valence-corrected chi connectivity index (χ3v) is 4.17. The van der Waals surface area contributed by atoms with Crippen LogP contribution in [0.3, 0.4) is 0 Å². The summed E-state index contributed by atoms with van der Waals surface area (Å²) in [5, 5.41) is 6.29. The molecule has 0 radical (unpaired) electrons. The van der Waals surface area contributed by atoms with E-state index in [0.717, 1.165) is 0 Å². The average Bonchev–Trinajstić information content (AvgIpc) is 2.84. The number of H-pyrrole nitrogens is 1. The monoisotopic (exact) mass is 297 g/mol. The standard InChI is InChI=1S/C12H15N3O4S/c1-8-12(7-13-14-8)20(16,17)15-9-4-10(18-2)6-11(5-9)19-3/h4-7,15H,1-3H3,(H,13,14). The SMILES string of the molecule is COc1cc(NS(=O)(=O)c2cn[nH]c2C)cc(OC)c1. The van der Waals surface area contributed by atoms with Crippen LogP contribution in [0.5, 0.6) is 11.5 Å². The largest absolute Gasteiger partial charge is 0.497 e. The molecule has 1 heterocycles. The van der Waals surface area contributed by atoms with E-state index in [1.807, 2.05) is 0 Å². The van der Waals surface area contributed by atoms with Gasteiger partial charge in [0.05, 0.1) is 31.8 Å². The predicted molar refractivity (Wildman–Crippen MR) is 73.7 cm³/mol. The van der Waals surface area contributed by atoms with Crippen molar-refractivity contribution >= 4 is 15.7 Å². The summed E-state index contributed by atoms with van der Waals surface area (Å²) in [5.74, 6) is 0.983. The Balaban J connectivity index is 2.37. The van der Waals surface area contributed by atoms with Gasteiger partial charge in [0, 0.05) is 18.2 Å². The molecule has 0 atom stereocenters. The number of ether oxygens (including phenoxy) is 2. The highest BCUT2D eigenvalue weighted by molar-refractivity contribution is 7.92. The first-order chi connectivity index (χ1) is 9.46. The van der Waals surface area contributed by atoms with E-state index in [2.05, 4.69) is 14.9 Å². The van der Waals surface area contributed by atoms with E-state index in [1.165, 1.54) is 20.4 Å². The Morgan fingerprint density at radius 1 is 1.15 bits per heavy atom. The lowest BCUT2D eigenvalue weighted by atomic mass is 10.3. The highest BCUT2D eigenvalue weighted by atomic mass is 32.2. The molecule has 1 aromatic carbocycles. The number of methoxy groups -OCH3 is 2. The summed E-state index contributed by atoms with van der Waals surface area (Å²) in [4.78, 5) is 0.0966. The normalized spacial score (nSPS) is 11.2. The van der Waals surface area contributed by atoms with Crippen LogP contribution in [0.1, 0.15) is 5.69 Å². The number of aryl methyl sites for hydroxylation is 1. The summed E-state index contributed by atoms with van der Waals surface area (Å²) in [6.07, 6.45) is 1.26. The molecule has 2 N–H and O–H groups in total. The molecule has 0 bridgehead atoms. The number of nitrogens with one attached hydrogen (secondary N) is 2. The molecule has 0 saturated carbocycles. The number of anilines is 1. The van der Waals surface area contributed by atoms with Crippen molar-refractivity contribution in [3.8, 4) is 11.5 Å². The van der Waals surface area contributed by atoms with Gasteiger partial charge in [0.25, 0.3) is 10.0 Å². The number of hydrogen-bond donors (Lipinski definition) is 2. The molecular weight excluding hydrogens is 282 g/mol. The van der Waals surface area contributed by atoms with Crippen molar-refractivity contribution in [3.63, 3.8) is 0 Å². The van der Waals surface area contributed by atoms with E-state index in [-0.39, 0.29) is 4.90 Å². The Kier molecular flexibility index (Phi) is 3.84. The Hall–Kier alpha value is -2.22. The molecule has 8 heteroatoms. The fraction of sp³-hybridized carbons (Fsp3) is 0.250. The number of benzene rings is 1. The number of sulfonamides is 1. The van der Waals surface area contributed by atoms with Gasteiger partial charge in [-0.25, -0.2) is 8.42 Å². The molecule has 108 valence electrons. The number of aromatic nitrogens is 2. The first-order valence-corrected chi connectivity index (χ1v) is 7.20. The maximum absolute atomic E-state index is 12.2. The summed E-state index contributed by atoms with van der Waals surface area (Å²) in [5.41, 5.74) is 0.814. The van der Waals surface area contributed by atoms with Crippen LogP contribution in [0, 0.1) is 6.92 Å². The molecule has 7 nitrogen and oxygen atoms in total. The lowest BCUT2D eigenvalue weighted by molar-refractivity contribution is 0.395. The fourth-order valence-electron chi connectivity index (χ4n) is 1.69. The minimum atomic E-state index is -3.71. The van der Waals surface area contributed by atoms with Gasteiger partial charge in [-0.1, -0.05) is 0 Å². The fourth-order valence-corrected chi connectivity index (χ4v) is 2.87. The Morgan fingerprint density at radius 2 is 1.75 bits per heavy atom. The zero-order chi connectivity index (χ0) is 14.8. The first kappa shape index (κ1) is 14.2. The topological polar surface area (TPSA) is 93.3 Å². The molecular formula is C12H15N3O4S. The van der Waals surface area contributed by atoms with Crippen LogP contribution in [0.15, 0.2) is 29.3 Å². The van der Waals surface area contributed by atoms with Crippen molar-refractivity contribution in [1.29, 1.82) is 0 Å². The third-order valence-electron chi connectivity index (χ3n) is 2.68. The van der Waals surface area contributed by atoms with Crippen molar-refractivity contribution in [2.24, 2.45) is 0 Å². The molecule has 0 fully saturated rings. The van der Waals surface area contributed by atoms with E-state index >= 15 is 0 Å². The minimum Gasteiger partial charge on any atom is -0.497 e. The van der Waals surface area contributed by atoms with Gasteiger partial charge in [-0.05, 0) is 6.92 Å². The lowest BCUT2D eigenvalue weighted by Gasteiger charge is -2.10. The first-order valence-electron chi connectivity index (χ1n) is 5.72. The minimum absolute atomic E-state index is 0.0966. The van der Waals surface area contributed by atoms with Gasteiger partial charge in [0.1, 0.15) is 16.4 Å². The molecule has 1 aromatic heterocycles. The van der Waals surface area contributed by atoms with E-state index in [4.69, 9.17) is 9.47 Å². The molecule has 0 spiro atoms. The highest BCUT2D eigenvalue weighted by Gasteiger charge is 2.19. The molecule has 0 aliphatic heterocycles. The average molecular weight is 297 g/mol. The van der Waals surface area contributed by atoms with Gasteiger partial charge in [0.2, 0.25) is 0 Å². The van der Waals surface area contributed by atoms with Crippen molar-refractivity contribution < 1.29 is 17.9 Å². The quantitative estimate of drug-likeness (QED) is 0.873. The molecule has 2 aromatic rings. The van der Waals surface area contributed by atoms with Crippen molar-refractivity contribution in [2.45, 2.75) is 11.8 Å². The molecule has 0 saturated heterocycles. The number of nitrogens with zero attached hydrogens (tertiary/aromatic N) is 1. The summed E-state index contributed by atoms with van der Waals surface area (Å²) in [6.45, 7) is 1.63. The van der Waals surface area contributed by atoms with E-state index in [1.54, 1.807) is 25.1 Å². The highest BCUT2D eigenvalue weighted by Crippen LogP contribution is 2.27. The van der Waals surface area contributed by atoms with Crippen LogP contribution in [0.2, 0.25) is 0 Å². The van der Waals surface area contributed by atoms with Crippen LogP contribution in [0.25, 0.3) is 0 Å². The van der Waals surface area contributed by atoms with E-state index in [9.17, 15) is 8.42 Å².